The van der Waals surface area contributed by atoms with Crippen LogP contribution in [0, 0.1) is 0 Å². The minimum atomic E-state index is -0.629. The molecular formula is C23H23ClN4O5S. The molecule has 0 saturated heterocycles. The molecule has 3 rings (SSSR count). The van der Waals surface area contributed by atoms with Crippen molar-refractivity contribution in [1.29, 1.82) is 0 Å². The molecule has 0 aliphatic carbocycles. The van der Waals surface area contributed by atoms with Crippen molar-refractivity contribution in [2.75, 3.05) is 13.2 Å². The highest BCUT2D eigenvalue weighted by molar-refractivity contribution is 7.80. The van der Waals surface area contributed by atoms with Gasteiger partial charge < -0.3 is 25.2 Å². The van der Waals surface area contributed by atoms with Gasteiger partial charge in [-0.15, -0.1) is 0 Å². The number of thiocarbonyl (C=S) groups is 1. The summed E-state index contributed by atoms with van der Waals surface area (Å²) in [5.41, 5.74) is 4.21. The molecule has 0 fully saturated rings. The summed E-state index contributed by atoms with van der Waals surface area (Å²) in [6, 6.07) is 10.8. The summed E-state index contributed by atoms with van der Waals surface area (Å²) < 4.78 is 10.9. The van der Waals surface area contributed by atoms with Gasteiger partial charge in [0, 0.05) is 21.8 Å². The van der Waals surface area contributed by atoms with E-state index in [-0.39, 0.29) is 19.0 Å². The number of para-hydroxylation sites is 1. The fourth-order valence-corrected chi connectivity index (χ4v) is 3.69. The van der Waals surface area contributed by atoms with Gasteiger partial charge >= 0.3 is 5.97 Å². The number of carbonyl (C=O) groups is 2. The molecule has 0 radical (unpaired) electrons. The number of phenols is 1. The highest BCUT2D eigenvalue weighted by atomic mass is 35.5. The number of hydrazone groups is 1. The van der Waals surface area contributed by atoms with Gasteiger partial charge in [0.2, 0.25) is 0 Å². The van der Waals surface area contributed by atoms with E-state index in [0.29, 0.717) is 38.3 Å². The van der Waals surface area contributed by atoms with Crippen molar-refractivity contribution in [3.05, 3.63) is 69.9 Å². The molecule has 0 saturated carbocycles. The van der Waals surface area contributed by atoms with E-state index >= 15 is 0 Å². The SMILES string of the molecule is CCOC(=O)C1=C(C)NC(=S)N[C@H]1c1ccccc1OCC(=O)NN=Cc1cc(Cl)ccc1O. The number of halogens is 1. The van der Waals surface area contributed by atoms with Crippen LogP contribution in [0.2, 0.25) is 5.02 Å². The third kappa shape index (κ3) is 6.24. The van der Waals surface area contributed by atoms with Gasteiger partial charge in [0.1, 0.15) is 11.5 Å². The quantitative estimate of drug-likeness (QED) is 0.188. The third-order valence-electron chi connectivity index (χ3n) is 4.74. The molecule has 0 bridgehead atoms. The molecule has 1 heterocycles. The number of ether oxygens (including phenoxy) is 2. The van der Waals surface area contributed by atoms with Gasteiger partial charge in [0.25, 0.3) is 5.91 Å². The first-order valence-electron chi connectivity index (χ1n) is 10.3. The first-order chi connectivity index (χ1) is 16.3. The van der Waals surface area contributed by atoms with Crippen LogP contribution in [0.5, 0.6) is 11.5 Å². The lowest BCUT2D eigenvalue weighted by atomic mass is 9.95. The van der Waals surface area contributed by atoms with E-state index in [1.165, 1.54) is 24.4 Å². The van der Waals surface area contributed by atoms with E-state index in [2.05, 4.69) is 21.2 Å². The van der Waals surface area contributed by atoms with Gasteiger partial charge in [-0.25, -0.2) is 10.2 Å². The normalized spacial score (nSPS) is 15.5. The molecule has 1 amide bonds. The average molecular weight is 503 g/mol. The second-order valence-corrected chi connectivity index (χ2v) is 7.96. The second kappa shape index (κ2) is 11.5. The average Bonchev–Trinajstić information content (AvgIpc) is 2.79. The van der Waals surface area contributed by atoms with Gasteiger partial charge in [0.05, 0.1) is 24.4 Å². The molecule has 1 aliphatic heterocycles. The van der Waals surface area contributed by atoms with Gasteiger partial charge in [-0.2, -0.15) is 5.10 Å². The van der Waals surface area contributed by atoms with Crippen molar-refractivity contribution in [2.45, 2.75) is 19.9 Å². The van der Waals surface area contributed by atoms with Crippen molar-refractivity contribution in [1.82, 2.24) is 16.1 Å². The Balaban J connectivity index is 1.72. The number of hydrogen-bond donors (Lipinski definition) is 4. The van der Waals surface area contributed by atoms with Crippen LogP contribution in [0.25, 0.3) is 0 Å². The van der Waals surface area contributed by atoms with Crippen LogP contribution in [0.3, 0.4) is 0 Å². The maximum absolute atomic E-state index is 12.6. The van der Waals surface area contributed by atoms with Gasteiger partial charge in [-0.3, -0.25) is 4.79 Å². The number of phenolic OH excluding ortho intramolecular Hbond substituents is 1. The summed E-state index contributed by atoms with van der Waals surface area (Å²) in [6.07, 6.45) is 1.27. The second-order valence-electron chi connectivity index (χ2n) is 7.11. The number of nitrogens with one attached hydrogen (secondary N) is 3. The Kier molecular flexibility index (Phi) is 8.44. The van der Waals surface area contributed by atoms with E-state index < -0.39 is 17.9 Å². The Hall–Kier alpha value is -3.63. The Morgan fingerprint density at radius 1 is 1.29 bits per heavy atom. The zero-order chi connectivity index (χ0) is 24.7. The lowest BCUT2D eigenvalue weighted by Crippen LogP contribution is -2.45. The Labute approximate surface area is 206 Å². The monoisotopic (exact) mass is 502 g/mol. The minimum absolute atomic E-state index is 0.0271. The van der Waals surface area contributed by atoms with Crippen molar-refractivity contribution < 1.29 is 24.2 Å². The largest absolute Gasteiger partial charge is 0.507 e. The number of nitrogens with zero attached hydrogens (tertiary/aromatic N) is 1. The predicted octanol–water partition coefficient (Wildman–Crippen LogP) is 2.93. The van der Waals surface area contributed by atoms with Crippen molar-refractivity contribution in [2.24, 2.45) is 5.10 Å². The Morgan fingerprint density at radius 2 is 2.06 bits per heavy atom. The summed E-state index contributed by atoms with van der Waals surface area (Å²) in [5, 5.41) is 20.4. The third-order valence-corrected chi connectivity index (χ3v) is 5.19. The number of hydrogen-bond acceptors (Lipinski definition) is 7. The molecule has 2 aromatic rings. The molecular weight excluding hydrogens is 480 g/mol. The highest BCUT2D eigenvalue weighted by Gasteiger charge is 2.32. The summed E-state index contributed by atoms with van der Waals surface area (Å²) in [4.78, 5) is 24.8. The van der Waals surface area contributed by atoms with Crippen LogP contribution in [0.15, 0.2) is 58.8 Å². The standard InChI is InChI=1S/C23H23ClN4O5S/c1-3-32-22(31)20-13(2)26-23(34)27-21(20)16-6-4-5-7-18(16)33-12-19(30)28-25-11-14-10-15(24)8-9-17(14)29/h4-11,21,29H,3,12H2,1-2H3,(H,28,30)(H2,26,27,34)/t21-/m0/s1. The number of rotatable bonds is 8. The number of allylic oxidation sites excluding steroid dienone is 1. The molecule has 34 heavy (non-hydrogen) atoms. The van der Waals surface area contributed by atoms with Crippen LogP contribution in [0.4, 0.5) is 0 Å². The van der Waals surface area contributed by atoms with Crippen molar-refractivity contribution >= 4 is 47.0 Å². The van der Waals surface area contributed by atoms with E-state index in [1.807, 2.05) is 0 Å². The molecule has 0 spiro atoms. The van der Waals surface area contributed by atoms with Crippen LogP contribution in [-0.2, 0) is 14.3 Å². The summed E-state index contributed by atoms with van der Waals surface area (Å²) >= 11 is 11.2. The maximum atomic E-state index is 12.6. The lowest BCUT2D eigenvalue weighted by Gasteiger charge is -2.30. The topological polar surface area (TPSA) is 121 Å². The maximum Gasteiger partial charge on any atom is 0.338 e. The molecule has 2 aromatic carbocycles. The molecule has 1 aliphatic rings. The zero-order valence-electron chi connectivity index (χ0n) is 18.4. The number of carbonyl (C=O) groups excluding carboxylic acids is 2. The fourth-order valence-electron chi connectivity index (χ4n) is 3.24. The molecule has 178 valence electrons. The van der Waals surface area contributed by atoms with Crippen LogP contribution < -0.4 is 20.8 Å². The molecule has 0 unspecified atom stereocenters. The van der Waals surface area contributed by atoms with Crippen LogP contribution in [0.1, 0.15) is 31.0 Å². The van der Waals surface area contributed by atoms with Crippen LogP contribution >= 0.6 is 23.8 Å². The fraction of sp³-hybridized carbons (Fsp3) is 0.217. The van der Waals surface area contributed by atoms with E-state index in [0.717, 1.165) is 0 Å². The summed E-state index contributed by atoms with van der Waals surface area (Å²) in [5.74, 6) is -0.663. The van der Waals surface area contributed by atoms with Crippen molar-refractivity contribution in [3.8, 4) is 11.5 Å². The summed E-state index contributed by atoms with van der Waals surface area (Å²) in [6.45, 7) is 3.34. The van der Waals surface area contributed by atoms with Crippen LogP contribution in [-0.4, -0.2) is 41.5 Å². The summed E-state index contributed by atoms with van der Waals surface area (Å²) in [7, 11) is 0. The van der Waals surface area contributed by atoms with E-state index in [4.69, 9.17) is 33.3 Å². The lowest BCUT2D eigenvalue weighted by molar-refractivity contribution is -0.139. The molecule has 11 heteroatoms. The zero-order valence-corrected chi connectivity index (χ0v) is 20.0. The van der Waals surface area contributed by atoms with E-state index in [9.17, 15) is 14.7 Å². The minimum Gasteiger partial charge on any atom is -0.507 e. The number of amides is 1. The number of esters is 1. The number of aromatic hydroxyl groups is 1. The van der Waals surface area contributed by atoms with Gasteiger partial charge in [-0.1, -0.05) is 29.8 Å². The smallest absolute Gasteiger partial charge is 0.338 e. The molecule has 1 atom stereocenters. The molecule has 0 aromatic heterocycles. The predicted molar refractivity (Wildman–Crippen MR) is 132 cm³/mol. The first-order valence-corrected chi connectivity index (χ1v) is 11.1. The molecule has 9 nitrogen and oxygen atoms in total. The van der Waals surface area contributed by atoms with Gasteiger partial charge in [-0.05, 0) is 50.3 Å². The number of benzene rings is 2. The molecule has 4 N–H and O–H groups in total. The van der Waals surface area contributed by atoms with Gasteiger partial charge in [0.15, 0.2) is 11.7 Å². The Bertz CT molecular complexity index is 1170. The first kappa shape index (κ1) is 25.0. The Morgan fingerprint density at radius 3 is 2.82 bits per heavy atom. The van der Waals surface area contributed by atoms with E-state index in [1.54, 1.807) is 38.1 Å². The van der Waals surface area contributed by atoms with Crippen molar-refractivity contribution in [3.63, 3.8) is 0 Å². The highest BCUT2D eigenvalue weighted by Crippen LogP contribution is 2.33.